The van der Waals surface area contributed by atoms with E-state index in [1.165, 1.54) is 16.5 Å². The van der Waals surface area contributed by atoms with Crippen LogP contribution in [0.2, 0.25) is 0 Å². The largest absolute Gasteiger partial charge is 0.352 e. The summed E-state index contributed by atoms with van der Waals surface area (Å²) in [5, 5.41) is 2.84. The molecule has 0 aliphatic rings. The van der Waals surface area contributed by atoms with Gasteiger partial charge in [0.15, 0.2) is 0 Å². The minimum Gasteiger partial charge on any atom is -0.352 e. The molecule has 0 saturated carbocycles. The van der Waals surface area contributed by atoms with Gasteiger partial charge in [-0.1, -0.05) is 49.4 Å². The van der Waals surface area contributed by atoms with Crippen LogP contribution in [-0.4, -0.2) is 28.8 Å². The van der Waals surface area contributed by atoms with Crippen LogP contribution in [0.1, 0.15) is 50.8 Å². The number of benzene rings is 2. The van der Waals surface area contributed by atoms with E-state index in [1.54, 1.807) is 25.1 Å². The number of rotatable bonds is 9. The molecule has 0 aliphatic heterocycles. The Morgan fingerprint density at radius 3 is 2.21 bits per heavy atom. The first-order chi connectivity index (χ1) is 13.8. The highest BCUT2D eigenvalue weighted by atomic mass is 19.1. The monoisotopic (exact) mass is 398 g/mol. The van der Waals surface area contributed by atoms with Crippen molar-refractivity contribution in [3.05, 3.63) is 71.0 Å². The molecule has 0 aromatic heterocycles. The molecule has 2 rings (SSSR count). The number of nitrogens with one attached hydrogen (secondary N) is 1. The van der Waals surface area contributed by atoms with E-state index >= 15 is 0 Å². The third-order valence-electron chi connectivity index (χ3n) is 4.96. The molecule has 0 bridgehead atoms. The lowest BCUT2D eigenvalue weighted by Crippen LogP contribution is -2.49. The molecule has 29 heavy (non-hydrogen) atoms. The van der Waals surface area contributed by atoms with Crippen molar-refractivity contribution in [2.24, 2.45) is 0 Å². The number of hydrogen-bond acceptors (Lipinski definition) is 2. The molecule has 156 valence electrons. The van der Waals surface area contributed by atoms with Crippen LogP contribution in [0.3, 0.4) is 0 Å². The van der Waals surface area contributed by atoms with Crippen molar-refractivity contribution < 1.29 is 14.0 Å². The van der Waals surface area contributed by atoms with Crippen molar-refractivity contribution in [3.8, 4) is 0 Å². The Bertz CT molecular complexity index is 818. The Kier molecular flexibility index (Phi) is 8.37. The SMILES string of the molecule is CCc1ccc(CCC(=O)N(Cc2ccccc2F)[C@H](C)C(=O)NC(C)C)cc1. The summed E-state index contributed by atoms with van der Waals surface area (Å²) in [5.41, 5.74) is 2.72. The van der Waals surface area contributed by atoms with Gasteiger partial charge in [0.2, 0.25) is 11.8 Å². The number of halogens is 1. The molecule has 0 aliphatic carbocycles. The summed E-state index contributed by atoms with van der Waals surface area (Å²) in [5.74, 6) is -0.784. The van der Waals surface area contributed by atoms with Gasteiger partial charge in [0.1, 0.15) is 11.9 Å². The molecule has 0 fully saturated rings. The van der Waals surface area contributed by atoms with Crippen LogP contribution in [0.5, 0.6) is 0 Å². The quantitative estimate of drug-likeness (QED) is 0.686. The predicted molar refractivity (Wildman–Crippen MR) is 114 cm³/mol. The van der Waals surface area contributed by atoms with E-state index in [0.29, 0.717) is 12.0 Å². The van der Waals surface area contributed by atoms with Crippen LogP contribution in [0.4, 0.5) is 4.39 Å². The normalized spacial score (nSPS) is 11.9. The van der Waals surface area contributed by atoms with Gasteiger partial charge in [0.25, 0.3) is 0 Å². The van der Waals surface area contributed by atoms with Gasteiger partial charge in [-0.3, -0.25) is 9.59 Å². The summed E-state index contributed by atoms with van der Waals surface area (Å²) in [6.07, 6.45) is 1.81. The maximum atomic E-state index is 14.2. The van der Waals surface area contributed by atoms with E-state index in [2.05, 4.69) is 24.4 Å². The van der Waals surface area contributed by atoms with Gasteiger partial charge >= 0.3 is 0 Å². The van der Waals surface area contributed by atoms with Crippen LogP contribution in [0.15, 0.2) is 48.5 Å². The topological polar surface area (TPSA) is 49.4 Å². The zero-order valence-corrected chi connectivity index (χ0v) is 17.7. The molecule has 0 spiro atoms. The second-order valence-corrected chi connectivity index (χ2v) is 7.62. The average Bonchev–Trinajstić information content (AvgIpc) is 2.70. The Morgan fingerprint density at radius 1 is 1.00 bits per heavy atom. The minimum atomic E-state index is -0.688. The second kappa shape index (κ2) is 10.7. The molecule has 2 aromatic carbocycles. The van der Waals surface area contributed by atoms with Crippen LogP contribution >= 0.6 is 0 Å². The van der Waals surface area contributed by atoms with Gasteiger partial charge < -0.3 is 10.2 Å². The first-order valence-corrected chi connectivity index (χ1v) is 10.2. The lowest BCUT2D eigenvalue weighted by atomic mass is 10.0. The fourth-order valence-corrected chi connectivity index (χ4v) is 3.13. The van der Waals surface area contributed by atoms with Gasteiger partial charge in [0, 0.05) is 24.6 Å². The molecule has 0 radical (unpaired) electrons. The van der Waals surface area contributed by atoms with E-state index < -0.39 is 6.04 Å². The molecule has 0 saturated heterocycles. The highest BCUT2D eigenvalue weighted by molar-refractivity contribution is 5.87. The molecular weight excluding hydrogens is 367 g/mol. The molecule has 1 N–H and O–H groups in total. The Morgan fingerprint density at radius 2 is 1.62 bits per heavy atom. The van der Waals surface area contributed by atoms with Crippen molar-refractivity contribution in [1.29, 1.82) is 0 Å². The van der Waals surface area contributed by atoms with Crippen LogP contribution in [0.25, 0.3) is 0 Å². The molecule has 0 unspecified atom stereocenters. The van der Waals surface area contributed by atoms with Gasteiger partial charge in [0.05, 0.1) is 0 Å². The Hall–Kier alpha value is -2.69. The summed E-state index contributed by atoms with van der Waals surface area (Å²) in [6, 6.07) is 13.8. The zero-order valence-electron chi connectivity index (χ0n) is 17.7. The van der Waals surface area contributed by atoms with E-state index in [-0.39, 0.29) is 36.6 Å². The summed E-state index contributed by atoms with van der Waals surface area (Å²) in [7, 11) is 0. The number of carbonyl (C=O) groups excluding carboxylic acids is 2. The van der Waals surface area contributed by atoms with Crippen LogP contribution < -0.4 is 5.32 Å². The fourth-order valence-electron chi connectivity index (χ4n) is 3.13. The van der Waals surface area contributed by atoms with E-state index in [9.17, 15) is 14.0 Å². The third kappa shape index (κ3) is 6.70. The highest BCUT2D eigenvalue weighted by Crippen LogP contribution is 2.16. The molecule has 0 heterocycles. The second-order valence-electron chi connectivity index (χ2n) is 7.62. The number of aryl methyl sites for hydroxylation is 2. The van der Waals surface area contributed by atoms with Crippen LogP contribution in [-0.2, 0) is 29.0 Å². The molecule has 2 amide bonds. The lowest BCUT2D eigenvalue weighted by Gasteiger charge is -2.29. The molecule has 2 aromatic rings. The van der Waals surface area contributed by atoms with Gasteiger partial charge in [-0.05, 0) is 50.8 Å². The van der Waals surface area contributed by atoms with E-state index in [0.717, 1.165) is 12.0 Å². The minimum absolute atomic E-state index is 0.0348. The number of carbonyl (C=O) groups is 2. The Balaban J connectivity index is 2.14. The van der Waals surface area contributed by atoms with Gasteiger partial charge in [-0.15, -0.1) is 0 Å². The molecule has 5 heteroatoms. The number of hydrogen-bond donors (Lipinski definition) is 1. The summed E-state index contributed by atoms with van der Waals surface area (Å²) < 4.78 is 14.2. The highest BCUT2D eigenvalue weighted by Gasteiger charge is 2.26. The number of nitrogens with zero attached hydrogens (tertiary/aromatic N) is 1. The maximum Gasteiger partial charge on any atom is 0.242 e. The fraction of sp³-hybridized carbons (Fsp3) is 0.417. The molecule has 1 atom stereocenters. The summed E-state index contributed by atoms with van der Waals surface area (Å²) in [6.45, 7) is 7.59. The first-order valence-electron chi connectivity index (χ1n) is 10.2. The number of amides is 2. The first kappa shape index (κ1) is 22.6. The van der Waals surface area contributed by atoms with Crippen molar-refractivity contribution >= 4 is 11.8 Å². The Labute approximate surface area is 173 Å². The van der Waals surface area contributed by atoms with E-state index in [4.69, 9.17) is 0 Å². The molecular formula is C24H31FN2O2. The average molecular weight is 399 g/mol. The van der Waals surface area contributed by atoms with Crippen LogP contribution in [0, 0.1) is 5.82 Å². The summed E-state index contributed by atoms with van der Waals surface area (Å²) in [4.78, 5) is 27.0. The third-order valence-corrected chi connectivity index (χ3v) is 4.96. The smallest absolute Gasteiger partial charge is 0.242 e. The molecule has 4 nitrogen and oxygen atoms in total. The summed E-state index contributed by atoms with van der Waals surface area (Å²) >= 11 is 0. The maximum absolute atomic E-state index is 14.2. The van der Waals surface area contributed by atoms with Crippen molar-refractivity contribution in [1.82, 2.24) is 10.2 Å². The van der Waals surface area contributed by atoms with Crippen molar-refractivity contribution in [3.63, 3.8) is 0 Å². The predicted octanol–water partition coefficient (Wildman–Crippen LogP) is 4.26. The van der Waals surface area contributed by atoms with Crippen molar-refractivity contribution in [2.45, 2.75) is 65.6 Å². The lowest BCUT2D eigenvalue weighted by molar-refractivity contribution is -0.140. The van der Waals surface area contributed by atoms with Gasteiger partial charge in [-0.2, -0.15) is 0 Å². The zero-order chi connectivity index (χ0) is 21.4. The van der Waals surface area contributed by atoms with Crippen molar-refractivity contribution in [2.75, 3.05) is 0 Å². The van der Waals surface area contributed by atoms with E-state index in [1.807, 2.05) is 26.0 Å². The standard InChI is InChI=1S/C24H31FN2O2/c1-5-19-10-12-20(13-11-19)14-15-23(28)27(18(4)24(29)26-17(2)3)16-21-8-6-7-9-22(21)25/h6-13,17-18H,5,14-16H2,1-4H3,(H,26,29)/t18-/m1/s1. The van der Waals surface area contributed by atoms with Gasteiger partial charge in [-0.25, -0.2) is 4.39 Å².